The first-order chi connectivity index (χ1) is 12.3. The molecule has 0 saturated heterocycles. The van der Waals surface area contributed by atoms with Crippen LogP contribution in [0, 0.1) is 29.1 Å². The Morgan fingerprint density at radius 2 is 1.08 bits per heavy atom. The summed E-state index contributed by atoms with van der Waals surface area (Å²) in [5.74, 6) is 1.49. The molecule has 0 aromatic heterocycles. The van der Waals surface area contributed by atoms with E-state index in [-0.39, 0.29) is 30.5 Å². The third-order valence-electron chi connectivity index (χ3n) is 7.02. The Morgan fingerprint density at radius 3 is 1.44 bits per heavy atom. The van der Waals surface area contributed by atoms with Crippen molar-refractivity contribution >= 4 is 0 Å². The van der Waals surface area contributed by atoms with E-state index < -0.39 is 0 Å². The topological polar surface area (TPSA) is 40.5 Å². The molecule has 132 valence electrons. The molecule has 4 atom stereocenters. The predicted octanol–water partition coefficient (Wildman–Crippen LogP) is 3.72. The van der Waals surface area contributed by atoms with Crippen LogP contribution in [0.4, 0.5) is 0 Å². The first kappa shape index (κ1) is 16.8. The molecule has 2 saturated carbocycles. The number of hydrogen-bond donors (Lipinski definition) is 2. The highest BCUT2D eigenvalue weighted by atomic mass is 16.3. The number of hydrogen-bond acceptors (Lipinski definition) is 2. The molecule has 4 rings (SSSR count). The van der Waals surface area contributed by atoms with E-state index in [0.717, 1.165) is 12.8 Å². The van der Waals surface area contributed by atoms with Gasteiger partial charge in [0.1, 0.15) is 0 Å². The molecule has 25 heavy (non-hydrogen) atoms. The van der Waals surface area contributed by atoms with E-state index in [0.29, 0.717) is 11.8 Å². The van der Waals surface area contributed by atoms with E-state index in [9.17, 15) is 10.2 Å². The minimum Gasteiger partial charge on any atom is -0.396 e. The van der Waals surface area contributed by atoms with Crippen LogP contribution < -0.4 is 0 Å². The predicted molar refractivity (Wildman–Crippen MR) is 100 cm³/mol. The van der Waals surface area contributed by atoms with Gasteiger partial charge in [-0.25, -0.2) is 0 Å². The Kier molecular flexibility index (Phi) is 4.66. The number of aliphatic hydroxyl groups excluding tert-OH is 2. The molecule has 2 aliphatic rings. The maximum Gasteiger partial charge on any atom is 0.0465 e. The number of aliphatic hydroxyl groups is 2. The normalized spacial score (nSPS) is 29.8. The molecule has 0 amide bonds. The van der Waals surface area contributed by atoms with E-state index in [2.05, 4.69) is 60.7 Å². The molecule has 2 nitrogen and oxygen atoms in total. The molecule has 2 aliphatic carbocycles. The van der Waals surface area contributed by atoms with Gasteiger partial charge in [0.25, 0.3) is 0 Å². The zero-order valence-corrected chi connectivity index (χ0v) is 14.7. The van der Waals surface area contributed by atoms with Crippen LogP contribution in [0.25, 0.3) is 0 Å². The summed E-state index contributed by atoms with van der Waals surface area (Å²) in [7, 11) is 0. The smallest absolute Gasteiger partial charge is 0.0465 e. The third-order valence-corrected chi connectivity index (χ3v) is 7.02. The Morgan fingerprint density at radius 1 is 0.680 bits per heavy atom. The number of rotatable bonds is 6. The highest BCUT2D eigenvalue weighted by molar-refractivity contribution is 5.25. The largest absolute Gasteiger partial charge is 0.396 e. The van der Waals surface area contributed by atoms with Gasteiger partial charge in [0.05, 0.1) is 0 Å². The lowest BCUT2D eigenvalue weighted by Crippen LogP contribution is -2.33. The van der Waals surface area contributed by atoms with Gasteiger partial charge >= 0.3 is 0 Å². The second-order valence-corrected chi connectivity index (χ2v) is 8.04. The summed E-state index contributed by atoms with van der Waals surface area (Å²) >= 11 is 0. The fourth-order valence-corrected chi connectivity index (χ4v) is 6.15. The average Bonchev–Trinajstić information content (AvgIpc) is 3.11. The van der Waals surface area contributed by atoms with Gasteiger partial charge in [-0.2, -0.15) is 0 Å². The van der Waals surface area contributed by atoms with Gasteiger partial charge < -0.3 is 10.2 Å². The second kappa shape index (κ2) is 6.93. The molecule has 0 radical (unpaired) electrons. The standard InChI is InChI=1S/C23H28O2/c24-15-19-20(16-25)22-12-11-21(19)23(22,13-17-7-3-1-4-8-17)14-18-9-5-2-6-10-18/h1-10,19-22,24-25H,11-16H2/t19-,20+,21+,22-. The Hall–Kier alpha value is -1.64. The van der Waals surface area contributed by atoms with Crippen LogP contribution in [0.1, 0.15) is 24.0 Å². The lowest BCUT2D eigenvalue weighted by atomic mass is 9.68. The van der Waals surface area contributed by atoms with Gasteiger partial charge in [-0.3, -0.25) is 0 Å². The lowest BCUT2D eigenvalue weighted by Gasteiger charge is -2.36. The second-order valence-electron chi connectivity index (χ2n) is 8.04. The molecule has 2 N–H and O–H groups in total. The van der Waals surface area contributed by atoms with Crippen molar-refractivity contribution in [2.24, 2.45) is 29.1 Å². The van der Waals surface area contributed by atoms with Crippen molar-refractivity contribution < 1.29 is 10.2 Å². The van der Waals surface area contributed by atoms with Crippen molar-refractivity contribution in [1.82, 2.24) is 0 Å². The first-order valence-corrected chi connectivity index (χ1v) is 9.58. The summed E-state index contributed by atoms with van der Waals surface area (Å²) in [5, 5.41) is 20.1. The molecule has 2 heteroatoms. The Bertz CT molecular complexity index is 620. The van der Waals surface area contributed by atoms with Gasteiger partial charge in [0, 0.05) is 13.2 Å². The highest BCUT2D eigenvalue weighted by Gasteiger charge is 2.62. The summed E-state index contributed by atoms with van der Waals surface area (Å²) in [6.45, 7) is 0.412. The van der Waals surface area contributed by atoms with Crippen LogP contribution in [-0.2, 0) is 12.8 Å². The van der Waals surface area contributed by atoms with E-state index in [1.54, 1.807) is 0 Å². The van der Waals surface area contributed by atoms with Gasteiger partial charge in [0.2, 0.25) is 0 Å². The zero-order valence-electron chi connectivity index (χ0n) is 14.7. The highest BCUT2D eigenvalue weighted by Crippen LogP contribution is 2.65. The maximum absolute atomic E-state index is 10.0. The maximum atomic E-state index is 10.0. The molecule has 2 bridgehead atoms. The van der Waals surface area contributed by atoms with Crippen molar-refractivity contribution in [3.8, 4) is 0 Å². The van der Waals surface area contributed by atoms with Crippen molar-refractivity contribution in [1.29, 1.82) is 0 Å². The van der Waals surface area contributed by atoms with Crippen LogP contribution in [0.3, 0.4) is 0 Å². The van der Waals surface area contributed by atoms with Gasteiger partial charge in [0.15, 0.2) is 0 Å². The third kappa shape index (κ3) is 2.82. The number of benzene rings is 2. The Labute approximate surface area is 150 Å². The van der Waals surface area contributed by atoms with Crippen LogP contribution in [0.5, 0.6) is 0 Å². The molecular weight excluding hydrogens is 308 g/mol. The van der Waals surface area contributed by atoms with Crippen LogP contribution in [0.15, 0.2) is 60.7 Å². The van der Waals surface area contributed by atoms with Crippen LogP contribution in [-0.4, -0.2) is 23.4 Å². The van der Waals surface area contributed by atoms with Crippen molar-refractivity contribution in [2.45, 2.75) is 25.7 Å². The zero-order chi connectivity index (χ0) is 17.3. The monoisotopic (exact) mass is 336 g/mol. The molecule has 0 unspecified atom stereocenters. The SMILES string of the molecule is OC[C@@H]1[C@H](CO)[C@H]2CC[C@@H]1C2(Cc1ccccc1)Cc1ccccc1. The number of fused-ring (bicyclic) bond motifs is 2. The molecule has 2 aromatic rings. The van der Waals surface area contributed by atoms with Crippen molar-refractivity contribution in [3.05, 3.63) is 71.8 Å². The van der Waals surface area contributed by atoms with Gasteiger partial charge in [-0.15, -0.1) is 0 Å². The average molecular weight is 336 g/mol. The molecule has 0 spiro atoms. The van der Waals surface area contributed by atoms with E-state index in [1.807, 2.05) is 0 Å². The summed E-state index contributed by atoms with van der Waals surface area (Å²) in [6.07, 6.45) is 4.47. The first-order valence-electron chi connectivity index (χ1n) is 9.58. The lowest BCUT2D eigenvalue weighted by molar-refractivity contribution is 0.0791. The molecule has 2 fully saturated rings. The summed E-state index contributed by atoms with van der Waals surface area (Å²) in [5.41, 5.74) is 2.92. The summed E-state index contributed by atoms with van der Waals surface area (Å²) in [6, 6.07) is 21.5. The molecule has 0 aliphatic heterocycles. The van der Waals surface area contributed by atoms with E-state index in [4.69, 9.17) is 0 Å². The molecule has 0 heterocycles. The van der Waals surface area contributed by atoms with Crippen LogP contribution >= 0.6 is 0 Å². The fraction of sp³-hybridized carbons (Fsp3) is 0.478. The summed E-state index contributed by atoms with van der Waals surface area (Å²) in [4.78, 5) is 0. The minimum absolute atomic E-state index is 0.156. The quantitative estimate of drug-likeness (QED) is 0.844. The minimum atomic E-state index is 0.156. The van der Waals surface area contributed by atoms with Gasteiger partial charge in [-0.05, 0) is 65.9 Å². The van der Waals surface area contributed by atoms with Crippen LogP contribution in [0.2, 0.25) is 0 Å². The Balaban J connectivity index is 1.74. The van der Waals surface area contributed by atoms with E-state index in [1.165, 1.54) is 24.0 Å². The fourth-order valence-electron chi connectivity index (χ4n) is 6.15. The van der Waals surface area contributed by atoms with Crippen molar-refractivity contribution in [3.63, 3.8) is 0 Å². The van der Waals surface area contributed by atoms with Gasteiger partial charge in [-0.1, -0.05) is 60.7 Å². The molecule has 2 aromatic carbocycles. The van der Waals surface area contributed by atoms with E-state index >= 15 is 0 Å². The summed E-state index contributed by atoms with van der Waals surface area (Å²) < 4.78 is 0. The molecular formula is C23H28O2. The van der Waals surface area contributed by atoms with Crippen molar-refractivity contribution in [2.75, 3.05) is 13.2 Å².